The van der Waals surface area contributed by atoms with E-state index in [0.29, 0.717) is 11.4 Å². The van der Waals surface area contributed by atoms with Crippen molar-refractivity contribution in [3.63, 3.8) is 0 Å². The molecule has 0 bridgehead atoms. The van der Waals surface area contributed by atoms with Gasteiger partial charge in [-0.3, -0.25) is 14.0 Å². The smallest absolute Gasteiger partial charge is 0.271 e. The zero-order valence-electron chi connectivity index (χ0n) is 12.9. The number of aromatic nitrogens is 2. The van der Waals surface area contributed by atoms with Gasteiger partial charge >= 0.3 is 0 Å². The summed E-state index contributed by atoms with van der Waals surface area (Å²) in [5.41, 5.74) is 2.23. The van der Waals surface area contributed by atoms with Crippen LogP contribution in [-0.4, -0.2) is 26.5 Å². The van der Waals surface area contributed by atoms with E-state index >= 15 is 0 Å². The van der Waals surface area contributed by atoms with Crippen molar-refractivity contribution < 1.29 is 9.90 Å². The predicted octanol–water partition coefficient (Wildman–Crippen LogP) is 1.45. The monoisotopic (exact) mass is 341 g/mol. The number of nitrogens with zero attached hydrogens (tertiary/aromatic N) is 2. The summed E-state index contributed by atoms with van der Waals surface area (Å²) in [6.45, 7) is 1.80. The van der Waals surface area contributed by atoms with Crippen LogP contribution in [0.1, 0.15) is 33.2 Å². The van der Waals surface area contributed by atoms with Gasteiger partial charge in [0.1, 0.15) is 5.56 Å². The molecule has 0 spiro atoms. The summed E-state index contributed by atoms with van der Waals surface area (Å²) in [5, 5.41) is 14.8. The normalized spacial score (nSPS) is 19.4. The number of rotatable bonds is 2. The van der Waals surface area contributed by atoms with E-state index in [0.717, 1.165) is 16.8 Å². The summed E-state index contributed by atoms with van der Waals surface area (Å²) in [7, 11) is 0. The first-order valence-corrected chi connectivity index (χ1v) is 8.47. The minimum Gasteiger partial charge on any atom is -0.390 e. The molecule has 3 aromatic rings. The lowest BCUT2D eigenvalue weighted by Crippen LogP contribution is -2.37. The molecule has 0 saturated carbocycles. The molecule has 0 aliphatic heterocycles. The van der Waals surface area contributed by atoms with E-state index in [-0.39, 0.29) is 5.56 Å². The molecule has 1 aromatic carbocycles. The van der Waals surface area contributed by atoms with Crippen molar-refractivity contribution in [3.8, 4) is 0 Å². The summed E-state index contributed by atoms with van der Waals surface area (Å²) in [4.78, 5) is 29.9. The van der Waals surface area contributed by atoms with Crippen molar-refractivity contribution >= 4 is 22.2 Å². The molecule has 1 amide bonds. The lowest BCUT2D eigenvalue weighted by Gasteiger charge is -2.17. The molecule has 0 saturated heterocycles. The number of fused-ring (bicyclic) bond motifs is 2. The van der Waals surface area contributed by atoms with E-state index in [1.807, 2.05) is 29.6 Å². The molecule has 1 aliphatic carbocycles. The van der Waals surface area contributed by atoms with Crippen molar-refractivity contribution in [1.82, 2.24) is 14.7 Å². The van der Waals surface area contributed by atoms with Gasteiger partial charge in [0.2, 0.25) is 0 Å². The third-order valence-electron chi connectivity index (χ3n) is 4.35. The maximum absolute atomic E-state index is 12.6. The fourth-order valence-corrected chi connectivity index (χ4v) is 3.97. The SMILES string of the molecule is Cc1csc2ncc(C(=O)N[C@@H]3c4ccccc4C[C@@H]3O)c(=O)n12. The van der Waals surface area contributed by atoms with Crippen LogP contribution in [0, 0.1) is 6.92 Å². The molecule has 2 N–H and O–H groups in total. The summed E-state index contributed by atoms with van der Waals surface area (Å²) in [5.74, 6) is -0.520. The van der Waals surface area contributed by atoms with Crippen LogP contribution in [0.3, 0.4) is 0 Å². The van der Waals surface area contributed by atoms with Gasteiger partial charge in [0.25, 0.3) is 11.5 Å². The van der Waals surface area contributed by atoms with Crippen LogP contribution in [0.25, 0.3) is 4.96 Å². The van der Waals surface area contributed by atoms with E-state index in [1.165, 1.54) is 21.9 Å². The maximum Gasteiger partial charge on any atom is 0.271 e. The number of thiazole rings is 1. The van der Waals surface area contributed by atoms with Gasteiger partial charge in [0, 0.05) is 23.7 Å². The molecular weight excluding hydrogens is 326 g/mol. The molecule has 24 heavy (non-hydrogen) atoms. The van der Waals surface area contributed by atoms with Crippen LogP contribution in [0.4, 0.5) is 0 Å². The number of benzene rings is 1. The minimum absolute atomic E-state index is 0.0226. The Hall–Kier alpha value is -2.51. The van der Waals surface area contributed by atoms with Gasteiger partial charge in [-0.15, -0.1) is 11.3 Å². The Morgan fingerprint density at radius 1 is 1.42 bits per heavy atom. The van der Waals surface area contributed by atoms with Gasteiger partial charge in [-0.05, 0) is 18.1 Å². The molecule has 0 radical (unpaired) electrons. The average molecular weight is 341 g/mol. The molecule has 7 heteroatoms. The van der Waals surface area contributed by atoms with Crippen LogP contribution < -0.4 is 10.9 Å². The number of hydrogen-bond acceptors (Lipinski definition) is 5. The highest BCUT2D eigenvalue weighted by atomic mass is 32.1. The number of amides is 1. The van der Waals surface area contributed by atoms with E-state index < -0.39 is 23.6 Å². The Balaban J connectivity index is 1.69. The highest BCUT2D eigenvalue weighted by Crippen LogP contribution is 2.31. The summed E-state index contributed by atoms with van der Waals surface area (Å²) in [6.07, 6.45) is 1.09. The molecular formula is C17H15N3O3S. The van der Waals surface area contributed by atoms with E-state index in [4.69, 9.17) is 0 Å². The van der Waals surface area contributed by atoms with Crippen molar-refractivity contribution in [2.45, 2.75) is 25.5 Å². The van der Waals surface area contributed by atoms with Crippen molar-refractivity contribution in [2.75, 3.05) is 0 Å². The summed E-state index contributed by atoms with van der Waals surface area (Å²) < 4.78 is 1.43. The number of hydrogen-bond donors (Lipinski definition) is 2. The highest BCUT2D eigenvalue weighted by Gasteiger charge is 2.32. The van der Waals surface area contributed by atoms with Gasteiger partial charge in [-0.2, -0.15) is 0 Å². The number of carbonyl (C=O) groups is 1. The summed E-state index contributed by atoms with van der Waals surface area (Å²) >= 11 is 1.35. The lowest BCUT2D eigenvalue weighted by atomic mass is 10.1. The highest BCUT2D eigenvalue weighted by molar-refractivity contribution is 7.15. The second-order valence-corrected chi connectivity index (χ2v) is 6.73. The average Bonchev–Trinajstić information content (AvgIpc) is 3.09. The first kappa shape index (κ1) is 15.0. The number of aryl methyl sites for hydroxylation is 1. The minimum atomic E-state index is -0.700. The lowest BCUT2D eigenvalue weighted by molar-refractivity contribution is 0.0856. The van der Waals surface area contributed by atoms with Gasteiger partial charge in [0.05, 0.1) is 12.1 Å². The Labute approximate surface area is 141 Å². The topological polar surface area (TPSA) is 83.7 Å². The van der Waals surface area contributed by atoms with Gasteiger partial charge < -0.3 is 10.4 Å². The fraction of sp³-hybridized carbons (Fsp3) is 0.235. The Morgan fingerprint density at radius 3 is 3.04 bits per heavy atom. The van der Waals surface area contributed by atoms with Crippen LogP contribution in [0.2, 0.25) is 0 Å². The molecule has 6 nitrogen and oxygen atoms in total. The third kappa shape index (κ3) is 2.24. The van der Waals surface area contributed by atoms with Crippen molar-refractivity contribution in [2.24, 2.45) is 0 Å². The van der Waals surface area contributed by atoms with E-state index in [2.05, 4.69) is 10.3 Å². The molecule has 2 aromatic heterocycles. The fourth-order valence-electron chi connectivity index (χ4n) is 3.15. The molecule has 2 heterocycles. The van der Waals surface area contributed by atoms with Crippen LogP contribution in [0.5, 0.6) is 0 Å². The quantitative estimate of drug-likeness (QED) is 0.739. The molecule has 1 aliphatic rings. The van der Waals surface area contributed by atoms with Crippen LogP contribution in [0.15, 0.2) is 40.6 Å². The van der Waals surface area contributed by atoms with E-state index in [9.17, 15) is 14.7 Å². The number of carbonyl (C=O) groups excluding carboxylic acids is 1. The Morgan fingerprint density at radius 2 is 2.21 bits per heavy atom. The number of aliphatic hydroxyl groups is 1. The zero-order valence-corrected chi connectivity index (χ0v) is 13.7. The van der Waals surface area contributed by atoms with Crippen molar-refractivity contribution in [1.29, 1.82) is 0 Å². The van der Waals surface area contributed by atoms with Gasteiger partial charge in [0.15, 0.2) is 4.96 Å². The maximum atomic E-state index is 12.6. The zero-order chi connectivity index (χ0) is 16.8. The second kappa shape index (κ2) is 5.54. The largest absolute Gasteiger partial charge is 0.390 e. The number of nitrogens with one attached hydrogen (secondary N) is 1. The first-order valence-electron chi connectivity index (χ1n) is 7.59. The third-order valence-corrected chi connectivity index (χ3v) is 5.31. The molecule has 2 atom stereocenters. The van der Waals surface area contributed by atoms with Gasteiger partial charge in [-0.1, -0.05) is 24.3 Å². The van der Waals surface area contributed by atoms with Gasteiger partial charge in [-0.25, -0.2) is 4.98 Å². The molecule has 0 fully saturated rings. The van der Waals surface area contributed by atoms with Crippen molar-refractivity contribution in [3.05, 3.63) is 68.6 Å². The Kier molecular flexibility index (Phi) is 3.47. The van der Waals surface area contributed by atoms with Crippen LogP contribution >= 0.6 is 11.3 Å². The standard InChI is InChI=1S/C17H15N3O3S/c1-9-8-24-17-18-7-12(16(23)20(9)17)15(22)19-14-11-5-3-2-4-10(11)6-13(14)21/h2-5,7-8,13-14,21H,6H2,1H3,(H,19,22)/t13-,14+/m0/s1. The number of aliphatic hydroxyl groups excluding tert-OH is 1. The predicted molar refractivity (Wildman–Crippen MR) is 90.4 cm³/mol. The molecule has 122 valence electrons. The van der Waals surface area contributed by atoms with E-state index in [1.54, 1.807) is 6.92 Å². The second-order valence-electron chi connectivity index (χ2n) is 5.89. The summed E-state index contributed by atoms with van der Waals surface area (Å²) in [6, 6.07) is 7.07. The molecule has 0 unspecified atom stereocenters. The van der Waals surface area contributed by atoms with Crippen LogP contribution in [-0.2, 0) is 6.42 Å². The first-order chi connectivity index (χ1) is 11.6. The molecule has 4 rings (SSSR count). The Bertz CT molecular complexity index is 1010.